The van der Waals surface area contributed by atoms with Crippen LogP contribution in [0.25, 0.3) is 6.08 Å². The Morgan fingerprint density at radius 1 is 0.821 bits per heavy atom. The zero-order valence-electron chi connectivity index (χ0n) is 17.1. The van der Waals surface area contributed by atoms with Gasteiger partial charge in [0.1, 0.15) is 17.2 Å². The fourth-order valence-electron chi connectivity index (χ4n) is 2.53. The first-order valence-corrected chi connectivity index (χ1v) is 10.0. The van der Waals surface area contributed by atoms with Crippen molar-refractivity contribution in [3.8, 4) is 17.2 Å². The average molecular weight is 383 g/mol. The first-order chi connectivity index (χ1) is 13.7. The van der Waals surface area contributed by atoms with E-state index in [1.807, 2.05) is 37.3 Å². The van der Waals surface area contributed by atoms with Crippen LogP contribution in [0.1, 0.15) is 56.0 Å². The van der Waals surface area contributed by atoms with Crippen molar-refractivity contribution >= 4 is 11.9 Å². The molecule has 2 aromatic carbocycles. The summed E-state index contributed by atoms with van der Waals surface area (Å²) in [5.74, 6) is 2.15. The molecule has 0 saturated heterocycles. The molecule has 0 aromatic heterocycles. The third-order valence-corrected chi connectivity index (χ3v) is 3.92. The number of hydrogen-bond donors (Lipinski definition) is 0. The molecule has 150 valence electrons. The van der Waals surface area contributed by atoms with Crippen LogP contribution in [-0.2, 0) is 0 Å². The van der Waals surface area contributed by atoms with Gasteiger partial charge < -0.3 is 14.2 Å². The van der Waals surface area contributed by atoms with Crippen LogP contribution in [0.4, 0.5) is 0 Å². The van der Waals surface area contributed by atoms with Gasteiger partial charge in [-0.25, -0.2) is 0 Å². The van der Waals surface area contributed by atoms with Crippen LogP contribution in [0.3, 0.4) is 0 Å². The van der Waals surface area contributed by atoms with Gasteiger partial charge in [-0.3, -0.25) is 4.79 Å². The van der Waals surface area contributed by atoms with E-state index in [4.69, 9.17) is 14.2 Å². The summed E-state index contributed by atoms with van der Waals surface area (Å²) in [6.45, 7) is 8.09. The van der Waals surface area contributed by atoms with Crippen LogP contribution in [0.5, 0.6) is 17.2 Å². The lowest BCUT2D eigenvalue weighted by Crippen LogP contribution is -2.00. The largest absolute Gasteiger partial charge is 0.494 e. The fraction of sp³-hybridized carbons (Fsp3) is 0.375. The minimum Gasteiger partial charge on any atom is -0.494 e. The second kappa shape index (κ2) is 11.9. The maximum Gasteiger partial charge on any atom is 0.185 e. The number of carbonyl (C=O) groups excluding carboxylic acids is 1. The Bertz CT molecular complexity index is 780. The summed E-state index contributed by atoms with van der Waals surface area (Å²) in [6.07, 6.45) is 6.13. The first kappa shape index (κ1) is 21.5. The van der Waals surface area contributed by atoms with E-state index in [1.54, 1.807) is 24.3 Å². The topological polar surface area (TPSA) is 44.8 Å². The lowest BCUT2D eigenvalue weighted by molar-refractivity contribution is 0.104. The molecule has 0 saturated carbocycles. The molecule has 4 heteroatoms. The van der Waals surface area contributed by atoms with E-state index in [-0.39, 0.29) is 5.78 Å². The molecule has 0 unspecified atom stereocenters. The van der Waals surface area contributed by atoms with Gasteiger partial charge in [-0.05, 0) is 61.7 Å². The minimum absolute atomic E-state index is 0.0803. The standard InChI is InChI=1S/C24H30O4/c1-4-14-26-21-9-7-8-19(17-21)23(25)12-10-20-18-22(27-15-5-2)11-13-24(20)28-16-6-3/h7-13,17-18H,4-6,14-16H2,1-3H3. The molecule has 0 heterocycles. The molecule has 0 aliphatic rings. The van der Waals surface area contributed by atoms with E-state index in [0.29, 0.717) is 31.1 Å². The quantitative estimate of drug-likeness (QED) is 0.336. The van der Waals surface area contributed by atoms with Gasteiger partial charge in [-0.15, -0.1) is 0 Å². The zero-order valence-corrected chi connectivity index (χ0v) is 17.1. The maximum absolute atomic E-state index is 12.6. The number of rotatable bonds is 12. The average Bonchev–Trinajstić information content (AvgIpc) is 2.73. The van der Waals surface area contributed by atoms with Crippen LogP contribution >= 0.6 is 0 Å². The molecule has 0 N–H and O–H groups in total. The summed E-state index contributed by atoms with van der Waals surface area (Å²) in [6, 6.07) is 13.0. The summed E-state index contributed by atoms with van der Waals surface area (Å²) in [5, 5.41) is 0. The minimum atomic E-state index is -0.0803. The Hall–Kier alpha value is -2.75. The molecule has 0 radical (unpaired) electrons. The highest BCUT2D eigenvalue weighted by Crippen LogP contribution is 2.26. The molecule has 0 bridgehead atoms. The van der Waals surface area contributed by atoms with E-state index < -0.39 is 0 Å². The van der Waals surface area contributed by atoms with Crippen molar-refractivity contribution in [2.75, 3.05) is 19.8 Å². The predicted octanol–water partition coefficient (Wildman–Crippen LogP) is 5.95. The highest BCUT2D eigenvalue weighted by Gasteiger charge is 2.07. The summed E-state index contributed by atoms with van der Waals surface area (Å²) in [7, 11) is 0. The molecule has 4 nitrogen and oxygen atoms in total. The molecule has 0 spiro atoms. The predicted molar refractivity (Wildman–Crippen MR) is 114 cm³/mol. The van der Waals surface area contributed by atoms with Gasteiger partial charge in [-0.1, -0.05) is 32.9 Å². The van der Waals surface area contributed by atoms with Gasteiger partial charge in [-0.2, -0.15) is 0 Å². The Morgan fingerprint density at radius 3 is 2.14 bits per heavy atom. The summed E-state index contributed by atoms with van der Waals surface area (Å²) in [5.41, 5.74) is 1.42. The highest BCUT2D eigenvalue weighted by atomic mass is 16.5. The van der Waals surface area contributed by atoms with Crippen LogP contribution in [0.15, 0.2) is 48.5 Å². The van der Waals surface area contributed by atoms with Gasteiger partial charge in [0.15, 0.2) is 5.78 Å². The Kier molecular flexibility index (Phi) is 9.13. The van der Waals surface area contributed by atoms with Crippen molar-refractivity contribution in [3.63, 3.8) is 0 Å². The van der Waals surface area contributed by atoms with E-state index >= 15 is 0 Å². The van der Waals surface area contributed by atoms with Crippen molar-refractivity contribution in [2.45, 2.75) is 40.0 Å². The maximum atomic E-state index is 12.6. The van der Waals surface area contributed by atoms with Gasteiger partial charge in [0.05, 0.1) is 19.8 Å². The third-order valence-electron chi connectivity index (χ3n) is 3.92. The third kappa shape index (κ3) is 6.76. The number of allylic oxidation sites excluding steroid dienone is 1. The Labute approximate surface area is 168 Å². The number of benzene rings is 2. The van der Waals surface area contributed by atoms with Gasteiger partial charge >= 0.3 is 0 Å². The van der Waals surface area contributed by atoms with E-state index in [2.05, 4.69) is 13.8 Å². The van der Waals surface area contributed by atoms with E-state index in [0.717, 1.165) is 36.3 Å². The second-order valence-electron chi connectivity index (χ2n) is 6.47. The van der Waals surface area contributed by atoms with Crippen molar-refractivity contribution in [1.29, 1.82) is 0 Å². The molecule has 2 rings (SSSR count). The van der Waals surface area contributed by atoms with Crippen molar-refractivity contribution in [1.82, 2.24) is 0 Å². The molecule has 0 aliphatic heterocycles. The lowest BCUT2D eigenvalue weighted by Gasteiger charge is -2.11. The summed E-state index contributed by atoms with van der Waals surface area (Å²) >= 11 is 0. The molecule has 0 aliphatic carbocycles. The van der Waals surface area contributed by atoms with Crippen LogP contribution in [0.2, 0.25) is 0 Å². The SMILES string of the molecule is CCCOc1cccc(C(=O)C=Cc2cc(OCCC)ccc2OCCC)c1. The molecular weight excluding hydrogens is 352 g/mol. The van der Waals surface area contributed by atoms with Crippen LogP contribution in [0, 0.1) is 0 Å². The number of ketones is 1. The monoisotopic (exact) mass is 382 g/mol. The molecular formula is C24H30O4. The normalized spacial score (nSPS) is 10.8. The molecule has 0 amide bonds. The van der Waals surface area contributed by atoms with Crippen LogP contribution < -0.4 is 14.2 Å². The van der Waals surface area contributed by atoms with Crippen LogP contribution in [-0.4, -0.2) is 25.6 Å². The Balaban J connectivity index is 2.19. The molecule has 2 aromatic rings. The molecule has 28 heavy (non-hydrogen) atoms. The summed E-state index contributed by atoms with van der Waals surface area (Å²) < 4.78 is 17.1. The second-order valence-corrected chi connectivity index (χ2v) is 6.47. The van der Waals surface area contributed by atoms with E-state index in [9.17, 15) is 4.79 Å². The van der Waals surface area contributed by atoms with Gasteiger partial charge in [0.25, 0.3) is 0 Å². The van der Waals surface area contributed by atoms with Gasteiger partial charge in [0.2, 0.25) is 0 Å². The highest BCUT2D eigenvalue weighted by molar-refractivity contribution is 6.07. The van der Waals surface area contributed by atoms with Crippen molar-refractivity contribution in [2.24, 2.45) is 0 Å². The zero-order chi connectivity index (χ0) is 20.2. The lowest BCUT2D eigenvalue weighted by atomic mass is 10.1. The van der Waals surface area contributed by atoms with Crippen molar-refractivity contribution in [3.05, 3.63) is 59.7 Å². The smallest absolute Gasteiger partial charge is 0.185 e. The Morgan fingerprint density at radius 2 is 1.46 bits per heavy atom. The molecule has 0 atom stereocenters. The molecule has 0 fully saturated rings. The number of hydrogen-bond acceptors (Lipinski definition) is 4. The summed E-state index contributed by atoms with van der Waals surface area (Å²) in [4.78, 5) is 12.6. The van der Waals surface area contributed by atoms with Crippen molar-refractivity contribution < 1.29 is 19.0 Å². The number of ether oxygens (including phenoxy) is 3. The van der Waals surface area contributed by atoms with E-state index in [1.165, 1.54) is 0 Å². The van der Waals surface area contributed by atoms with Gasteiger partial charge in [0, 0.05) is 11.1 Å². The first-order valence-electron chi connectivity index (χ1n) is 10.0. The fourth-order valence-corrected chi connectivity index (χ4v) is 2.53. The number of carbonyl (C=O) groups is 1.